The zero-order valence-electron chi connectivity index (χ0n) is 12.4. The first-order valence-corrected chi connectivity index (χ1v) is 7.04. The van der Waals surface area contributed by atoms with E-state index in [2.05, 4.69) is 4.74 Å². The molecule has 0 radical (unpaired) electrons. The Labute approximate surface area is 128 Å². The minimum absolute atomic E-state index is 0.321. The van der Waals surface area contributed by atoms with Gasteiger partial charge in [0.05, 0.1) is 24.8 Å². The summed E-state index contributed by atoms with van der Waals surface area (Å²) in [6, 6.07) is 6.21. The number of methoxy groups -OCH3 is 1. The number of nitrogens with zero attached hydrogens (tertiary/aromatic N) is 1. The molecule has 1 fully saturated rings. The van der Waals surface area contributed by atoms with Crippen molar-refractivity contribution in [3.8, 4) is 5.75 Å². The van der Waals surface area contributed by atoms with E-state index in [1.165, 1.54) is 7.11 Å². The first kappa shape index (κ1) is 16.3. The van der Waals surface area contributed by atoms with Crippen LogP contribution in [0.2, 0.25) is 0 Å². The summed E-state index contributed by atoms with van der Waals surface area (Å²) in [6.07, 6.45) is -0.187. The van der Waals surface area contributed by atoms with Crippen LogP contribution in [0.3, 0.4) is 0 Å². The number of benzene rings is 1. The number of carbonyl (C=O) groups excluding carboxylic acids is 2. The Hall–Kier alpha value is -2.12. The maximum absolute atomic E-state index is 11.4. The number of aliphatic hydroxyl groups excluding tert-OH is 1. The van der Waals surface area contributed by atoms with Crippen LogP contribution in [0.1, 0.15) is 16.8 Å². The van der Waals surface area contributed by atoms with Crippen molar-refractivity contribution in [2.24, 2.45) is 5.73 Å². The fourth-order valence-electron chi connectivity index (χ4n) is 2.53. The molecule has 120 valence electrons. The number of aliphatic hydroxyl groups is 1. The van der Waals surface area contributed by atoms with Gasteiger partial charge >= 0.3 is 5.97 Å². The first-order chi connectivity index (χ1) is 10.5. The highest BCUT2D eigenvalue weighted by Gasteiger charge is 2.34. The molecule has 22 heavy (non-hydrogen) atoms. The van der Waals surface area contributed by atoms with E-state index in [0.717, 1.165) is 0 Å². The Balaban J connectivity index is 1.88. The molecule has 1 aliphatic heterocycles. The Morgan fingerprint density at radius 2 is 2.23 bits per heavy atom. The third-order valence-corrected chi connectivity index (χ3v) is 3.61. The number of primary amides is 1. The van der Waals surface area contributed by atoms with E-state index in [1.807, 2.05) is 0 Å². The predicted molar refractivity (Wildman–Crippen MR) is 78.5 cm³/mol. The second-order valence-electron chi connectivity index (χ2n) is 5.17. The summed E-state index contributed by atoms with van der Waals surface area (Å²) in [6.45, 7) is 1.19. The summed E-state index contributed by atoms with van der Waals surface area (Å²) in [7, 11) is 1.32. The highest BCUT2D eigenvalue weighted by molar-refractivity contribution is 5.89. The Morgan fingerprint density at radius 3 is 2.91 bits per heavy atom. The topological polar surface area (TPSA) is 102 Å². The molecule has 3 N–H and O–H groups in total. The molecule has 0 aromatic heterocycles. The highest BCUT2D eigenvalue weighted by Crippen LogP contribution is 2.18. The van der Waals surface area contributed by atoms with Gasteiger partial charge in [-0.2, -0.15) is 0 Å². The molecule has 0 bridgehead atoms. The molecule has 1 heterocycles. The lowest BCUT2D eigenvalue weighted by molar-refractivity contribution is -0.122. The van der Waals surface area contributed by atoms with E-state index >= 15 is 0 Å². The standard InChI is InChI=1S/C15H20N2O5/c1-21-15(20)10-3-2-4-12(7-10)22-6-5-17-9-11(18)8-13(17)14(16)19/h2-4,7,11,13,18H,5-6,8-9H2,1H3,(H2,16,19)/t11-,13+/m1/s1. The fraction of sp³-hybridized carbons (Fsp3) is 0.467. The predicted octanol–water partition coefficient (Wildman–Crippen LogP) is -0.227. The molecule has 1 aromatic rings. The van der Waals surface area contributed by atoms with E-state index in [9.17, 15) is 14.7 Å². The van der Waals surface area contributed by atoms with Crippen molar-refractivity contribution in [3.63, 3.8) is 0 Å². The second kappa shape index (κ2) is 7.24. The van der Waals surface area contributed by atoms with Gasteiger partial charge in [0.25, 0.3) is 0 Å². The van der Waals surface area contributed by atoms with Crippen molar-refractivity contribution in [1.82, 2.24) is 4.90 Å². The van der Waals surface area contributed by atoms with E-state index in [-0.39, 0.29) is 0 Å². The van der Waals surface area contributed by atoms with Gasteiger partial charge in [-0.15, -0.1) is 0 Å². The lowest BCUT2D eigenvalue weighted by Crippen LogP contribution is -2.42. The summed E-state index contributed by atoms with van der Waals surface area (Å²) >= 11 is 0. The van der Waals surface area contributed by atoms with Crippen LogP contribution in [0.4, 0.5) is 0 Å². The first-order valence-electron chi connectivity index (χ1n) is 7.04. The largest absolute Gasteiger partial charge is 0.492 e. The molecule has 1 aromatic carbocycles. The number of likely N-dealkylation sites (tertiary alicyclic amines) is 1. The van der Waals surface area contributed by atoms with Gasteiger partial charge in [-0.3, -0.25) is 9.69 Å². The molecule has 1 aliphatic rings. The smallest absolute Gasteiger partial charge is 0.337 e. The van der Waals surface area contributed by atoms with Gasteiger partial charge in [-0.1, -0.05) is 6.07 Å². The monoisotopic (exact) mass is 308 g/mol. The molecule has 7 heteroatoms. The van der Waals surface area contributed by atoms with Crippen LogP contribution in [0.25, 0.3) is 0 Å². The van der Waals surface area contributed by atoms with E-state index in [4.69, 9.17) is 10.5 Å². The molecule has 1 amide bonds. The number of carbonyl (C=O) groups is 2. The zero-order valence-corrected chi connectivity index (χ0v) is 12.4. The number of nitrogens with two attached hydrogens (primary N) is 1. The summed E-state index contributed by atoms with van der Waals surface area (Å²) < 4.78 is 10.2. The van der Waals surface area contributed by atoms with Crippen molar-refractivity contribution in [1.29, 1.82) is 0 Å². The molecular weight excluding hydrogens is 288 g/mol. The average Bonchev–Trinajstić information content (AvgIpc) is 2.88. The maximum atomic E-state index is 11.4. The van der Waals surface area contributed by atoms with Crippen LogP contribution in [-0.4, -0.2) is 60.8 Å². The van der Waals surface area contributed by atoms with Crippen LogP contribution in [-0.2, 0) is 9.53 Å². The number of hydrogen-bond donors (Lipinski definition) is 2. The Morgan fingerprint density at radius 1 is 1.45 bits per heavy atom. The van der Waals surface area contributed by atoms with Gasteiger partial charge in [-0.05, 0) is 24.6 Å². The van der Waals surface area contributed by atoms with Crippen LogP contribution in [0.5, 0.6) is 5.75 Å². The summed E-state index contributed by atoms with van der Waals surface area (Å²) in [5, 5.41) is 9.62. The minimum Gasteiger partial charge on any atom is -0.492 e. The van der Waals surface area contributed by atoms with E-state index < -0.39 is 24.0 Å². The Kier molecular flexibility index (Phi) is 5.35. The van der Waals surface area contributed by atoms with Gasteiger partial charge in [0.1, 0.15) is 12.4 Å². The molecule has 0 saturated carbocycles. The van der Waals surface area contributed by atoms with Gasteiger partial charge in [0.2, 0.25) is 5.91 Å². The Bertz CT molecular complexity index is 548. The minimum atomic E-state index is -0.542. The molecule has 2 atom stereocenters. The third kappa shape index (κ3) is 3.96. The number of rotatable bonds is 6. The number of β-amino-alcohol motifs (C(OH)–C–C–N with tert-alkyl or cyclic N) is 1. The molecule has 2 rings (SSSR count). The van der Waals surface area contributed by atoms with E-state index in [1.54, 1.807) is 29.2 Å². The van der Waals surface area contributed by atoms with Crippen LogP contribution in [0, 0.1) is 0 Å². The third-order valence-electron chi connectivity index (χ3n) is 3.61. The molecule has 0 spiro atoms. The molecular formula is C15H20N2O5. The van der Waals surface area contributed by atoms with Crippen LogP contribution >= 0.6 is 0 Å². The summed E-state index contributed by atoms with van der Waals surface area (Å²) in [5.41, 5.74) is 5.73. The van der Waals surface area contributed by atoms with Crippen LogP contribution < -0.4 is 10.5 Å². The van der Waals surface area contributed by atoms with Crippen molar-refractivity contribution < 1.29 is 24.2 Å². The lowest BCUT2D eigenvalue weighted by atomic mass is 10.2. The quantitative estimate of drug-likeness (QED) is 0.704. The van der Waals surface area contributed by atoms with Crippen molar-refractivity contribution in [2.45, 2.75) is 18.6 Å². The lowest BCUT2D eigenvalue weighted by Gasteiger charge is -2.21. The van der Waals surface area contributed by atoms with Gasteiger partial charge < -0.3 is 20.3 Å². The SMILES string of the molecule is COC(=O)c1cccc(OCCN2C[C@H](O)C[C@H]2C(N)=O)c1. The number of amides is 1. The van der Waals surface area contributed by atoms with Crippen molar-refractivity contribution in [3.05, 3.63) is 29.8 Å². The number of ether oxygens (including phenoxy) is 2. The van der Waals surface area contributed by atoms with Crippen LogP contribution in [0.15, 0.2) is 24.3 Å². The summed E-state index contributed by atoms with van der Waals surface area (Å²) in [5.74, 6) is -0.329. The van der Waals surface area contributed by atoms with Gasteiger partial charge in [0, 0.05) is 13.1 Å². The van der Waals surface area contributed by atoms with Gasteiger partial charge in [0.15, 0.2) is 0 Å². The highest BCUT2D eigenvalue weighted by atomic mass is 16.5. The molecule has 0 unspecified atom stereocenters. The fourth-order valence-corrected chi connectivity index (χ4v) is 2.53. The average molecular weight is 308 g/mol. The van der Waals surface area contributed by atoms with E-state index in [0.29, 0.717) is 37.4 Å². The molecule has 1 saturated heterocycles. The maximum Gasteiger partial charge on any atom is 0.337 e. The molecule has 0 aliphatic carbocycles. The van der Waals surface area contributed by atoms with Crippen molar-refractivity contribution in [2.75, 3.05) is 26.8 Å². The molecule has 7 nitrogen and oxygen atoms in total. The second-order valence-corrected chi connectivity index (χ2v) is 5.17. The summed E-state index contributed by atoms with van der Waals surface area (Å²) in [4.78, 5) is 24.6. The number of esters is 1. The normalized spacial score (nSPS) is 21.5. The van der Waals surface area contributed by atoms with Gasteiger partial charge in [-0.25, -0.2) is 4.79 Å². The zero-order chi connectivity index (χ0) is 16.1. The number of hydrogen-bond acceptors (Lipinski definition) is 6. The van der Waals surface area contributed by atoms with Crippen molar-refractivity contribution >= 4 is 11.9 Å².